The number of carboxylic acids is 2. The Morgan fingerprint density at radius 3 is 1.44 bits per heavy atom. The minimum atomic E-state index is -1.31. The third kappa shape index (κ3) is 5.06. The highest BCUT2D eigenvalue weighted by Gasteiger charge is 2.30. The number of carboxylic acid groups (broad SMARTS) is 2. The first-order valence-electron chi connectivity index (χ1n) is 4.38. The lowest BCUT2D eigenvalue weighted by molar-refractivity contribution is -0.142. The summed E-state index contributed by atoms with van der Waals surface area (Å²) in [5.41, 5.74) is 8.35. The van der Waals surface area contributed by atoms with E-state index in [9.17, 15) is 9.59 Å². The molecule has 0 fully saturated rings. The summed E-state index contributed by atoms with van der Waals surface area (Å²) in [6, 6.07) is 0. The number of rotatable bonds is 7. The van der Waals surface area contributed by atoms with Gasteiger partial charge < -0.3 is 21.7 Å². The van der Waals surface area contributed by atoms with Gasteiger partial charge in [-0.3, -0.25) is 9.59 Å². The van der Waals surface area contributed by atoms with Crippen molar-refractivity contribution in [3.8, 4) is 0 Å². The summed E-state index contributed by atoms with van der Waals surface area (Å²) >= 11 is 0. The molecule has 0 aromatic rings. The molecular weight excluding hydrogens is 252 g/mol. The second-order valence-corrected chi connectivity index (χ2v) is 6.43. The molecule has 0 aliphatic carbocycles. The summed E-state index contributed by atoms with van der Waals surface area (Å²) in [5, 5.41) is 17.4. The molecule has 0 aliphatic heterocycles. The highest BCUT2D eigenvalue weighted by molar-refractivity contribution is 8.76. The van der Waals surface area contributed by atoms with Gasteiger partial charge >= 0.3 is 11.9 Å². The van der Waals surface area contributed by atoms with Gasteiger partial charge in [-0.05, 0) is 13.8 Å². The molecule has 0 saturated carbocycles. The summed E-state index contributed by atoms with van der Waals surface area (Å²) in [7, 11) is 2.40. The van der Waals surface area contributed by atoms with E-state index in [4.69, 9.17) is 21.7 Å². The van der Waals surface area contributed by atoms with Crippen LogP contribution >= 0.6 is 21.6 Å². The molecule has 0 radical (unpaired) electrons. The van der Waals surface area contributed by atoms with Gasteiger partial charge in [0.25, 0.3) is 0 Å². The predicted octanol–water partition coefficient (Wildman–Crippen LogP) is -0.0282. The molecule has 0 aliphatic rings. The van der Waals surface area contributed by atoms with E-state index in [1.165, 1.54) is 35.4 Å². The summed E-state index contributed by atoms with van der Waals surface area (Å²) in [6.07, 6.45) is 0. The summed E-state index contributed by atoms with van der Waals surface area (Å²) in [4.78, 5) is 21.3. The Labute approximate surface area is 102 Å². The fourth-order valence-electron chi connectivity index (χ4n) is 0.452. The average molecular weight is 268 g/mol. The van der Waals surface area contributed by atoms with E-state index in [1.54, 1.807) is 0 Å². The minimum absolute atomic E-state index is 0.183. The summed E-state index contributed by atoms with van der Waals surface area (Å²) in [6.45, 7) is 2.81. The van der Waals surface area contributed by atoms with Crippen molar-refractivity contribution in [1.82, 2.24) is 0 Å². The molecule has 6 nitrogen and oxygen atoms in total. The molecule has 0 rings (SSSR count). The van der Waals surface area contributed by atoms with Crippen LogP contribution in [0.2, 0.25) is 0 Å². The fourth-order valence-corrected chi connectivity index (χ4v) is 3.32. The molecule has 0 aromatic heterocycles. The maximum Gasteiger partial charge on any atom is 0.324 e. The zero-order chi connectivity index (χ0) is 13.0. The van der Waals surface area contributed by atoms with E-state index < -0.39 is 23.0 Å². The van der Waals surface area contributed by atoms with Gasteiger partial charge in [0.1, 0.15) is 11.1 Å². The van der Waals surface area contributed by atoms with Crippen LogP contribution in [0.15, 0.2) is 0 Å². The molecule has 2 unspecified atom stereocenters. The molecule has 0 amide bonds. The molecule has 94 valence electrons. The molecule has 0 aromatic carbocycles. The van der Waals surface area contributed by atoms with Crippen LogP contribution in [0.25, 0.3) is 0 Å². The number of hydrogen-bond donors (Lipinski definition) is 4. The van der Waals surface area contributed by atoms with E-state index in [1.807, 2.05) is 0 Å². The van der Waals surface area contributed by atoms with Crippen molar-refractivity contribution in [3.63, 3.8) is 0 Å². The Bertz CT molecular complexity index is 253. The van der Waals surface area contributed by atoms with Crippen LogP contribution in [0.3, 0.4) is 0 Å². The van der Waals surface area contributed by atoms with Crippen molar-refractivity contribution in [2.45, 2.75) is 24.9 Å². The van der Waals surface area contributed by atoms with Crippen LogP contribution in [0.1, 0.15) is 13.8 Å². The van der Waals surface area contributed by atoms with Crippen LogP contribution in [-0.4, -0.2) is 44.7 Å². The van der Waals surface area contributed by atoms with Crippen molar-refractivity contribution < 1.29 is 19.8 Å². The fraction of sp³-hybridized carbons (Fsp3) is 0.750. The first-order valence-corrected chi connectivity index (χ1v) is 6.87. The number of nitrogens with two attached hydrogens (primary N) is 2. The lowest BCUT2D eigenvalue weighted by Gasteiger charge is -2.20. The average Bonchev–Trinajstić information content (AvgIpc) is 2.12. The first-order chi connectivity index (χ1) is 7.09. The molecule has 16 heavy (non-hydrogen) atoms. The summed E-state index contributed by atoms with van der Waals surface area (Å²) in [5.74, 6) is -1.81. The molecule has 0 saturated heterocycles. The van der Waals surface area contributed by atoms with E-state index >= 15 is 0 Å². The van der Waals surface area contributed by atoms with Gasteiger partial charge in [0.15, 0.2) is 0 Å². The second-order valence-electron chi connectivity index (χ2n) is 3.97. The van der Waals surface area contributed by atoms with Crippen LogP contribution in [0, 0.1) is 0 Å². The van der Waals surface area contributed by atoms with Gasteiger partial charge in [0.05, 0.1) is 0 Å². The molecule has 0 bridgehead atoms. The van der Waals surface area contributed by atoms with Crippen molar-refractivity contribution >= 4 is 33.5 Å². The lowest BCUT2D eigenvalue weighted by Crippen LogP contribution is -2.48. The van der Waals surface area contributed by atoms with Crippen molar-refractivity contribution in [2.75, 3.05) is 11.5 Å². The topological polar surface area (TPSA) is 127 Å². The second kappa shape index (κ2) is 5.76. The number of hydrogen-bond acceptors (Lipinski definition) is 6. The Morgan fingerprint density at radius 2 is 1.25 bits per heavy atom. The lowest BCUT2D eigenvalue weighted by atomic mass is 10.1. The Kier molecular flexibility index (Phi) is 5.60. The van der Waals surface area contributed by atoms with Gasteiger partial charge in [0.2, 0.25) is 0 Å². The van der Waals surface area contributed by atoms with E-state index in [-0.39, 0.29) is 11.5 Å². The third-order valence-corrected chi connectivity index (χ3v) is 4.59. The molecule has 2 atom stereocenters. The van der Waals surface area contributed by atoms with Gasteiger partial charge in [-0.15, -0.1) is 0 Å². The van der Waals surface area contributed by atoms with Crippen molar-refractivity contribution in [2.24, 2.45) is 11.5 Å². The molecule has 8 heteroatoms. The summed E-state index contributed by atoms with van der Waals surface area (Å²) < 4.78 is 0. The largest absolute Gasteiger partial charge is 0.480 e. The highest BCUT2D eigenvalue weighted by Crippen LogP contribution is 2.27. The highest BCUT2D eigenvalue weighted by atomic mass is 33.1. The molecular formula is C8H16N2O4S2. The van der Waals surface area contributed by atoms with Crippen molar-refractivity contribution in [1.29, 1.82) is 0 Å². The number of carbonyl (C=O) groups is 2. The zero-order valence-corrected chi connectivity index (χ0v) is 10.7. The monoisotopic (exact) mass is 268 g/mol. The van der Waals surface area contributed by atoms with Gasteiger partial charge in [-0.2, -0.15) is 0 Å². The smallest absolute Gasteiger partial charge is 0.324 e. The van der Waals surface area contributed by atoms with Crippen LogP contribution in [0.4, 0.5) is 0 Å². The SMILES string of the molecule is CC(N)(CSSCC(C)(N)C(=O)O)C(=O)O. The zero-order valence-electron chi connectivity index (χ0n) is 9.10. The van der Waals surface area contributed by atoms with E-state index in [2.05, 4.69) is 0 Å². The van der Waals surface area contributed by atoms with Crippen LogP contribution < -0.4 is 11.5 Å². The molecule has 0 spiro atoms. The quantitative estimate of drug-likeness (QED) is 0.374. The van der Waals surface area contributed by atoms with E-state index in [0.29, 0.717) is 0 Å². The predicted molar refractivity (Wildman–Crippen MR) is 65.4 cm³/mol. The Balaban J connectivity index is 3.94. The normalized spacial score (nSPS) is 18.5. The standard InChI is InChI=1S/C8H16N2O4S2/c1-7(9,5(11)12)3-15-16-4-8(2,10)6(13)14/h3-4,9-10H2,1-2H3,(H,11,12)(H,13,14). The van der Waals surface area contributed by atoms with Crippen molar-refractivity contribution in [3.05, 3.63) is 0 Å². The minimum Gasteiger partial charge on any atom is -0.480 e. The maximum atomic E-state index is 10.7. The van der Waals surface area contributed by atoms with Gasteiger partial charge in [0, 0.05) is 11.5 Å². The Morgan fingerprint density at radius 1 is 1.00 bits per heavy atom. The molecule has 0 heterocycles. The maximum absolute atomic E-state index is 10.7. The van der Waals surface area contributed by atoms with Crippen LogP contribution in [-0.2, 0) is 9.59 Å². The molecule has 6 N–H and O–H groups in total. The first kappa shape index (κ1) is 15.6. The van der Waals surface area contributed by atoms with Gasteiger partial charge in [-0.25, -0.2) is 0 Å². The van der Waals surface area contributed by atoms with E-state index in [0.717, 1.165) is 0 Å². The Hall–Kier alpha value is -0.440. The number of aliphatic carboxylic acids is 2. The van der Waals surface area contributed by atoms with Crippen LogP contribution in [0.5, 0.6) is 0 Å². The third-order valence-electron chi connectivity index (χ3n) is 1.78. The van der Waals surface area contributed by atoms with Gasteiger partial charge in [-0.1, -0.05) is 21.6 Å².